The lowest BCUT2D eigenvalue weighted by Gasteiger charge is -2.22. The van der Waals surface area contributed by atoms with Crippen LogP contribution in [0, 0.1) is 0 Å². The molecular formula is C46H49Cl2NO6. The summed E-state index contributed by atoms with van der Waals surface area (Å²) in [7, 11) is 2.73. The molecule has 3 N–H and O–H groups in total. The molecule has 0 aromatic heterocycles. The van der Waals surface area contributed by atoms with Crippen molar-refractivity contribution in [1.82, 2.24) is 6.15 Å². The number of alkyl halides is 1. The second-order valence-electron chi connectivity index (χ2n) is 13.8. The van der Waals surface area contributed by atoms with Gasteiger partial charge in [-0.2, -0.15) is 0 Å². The minimum Gasteiger partial charge on any atom is -0.469 e. The van der Waals surface area contributed by atoms with Gasteiger partial charge in [0, 0.05) is 5.92 Å². The molecule has 0 fully saturated rings. The van der Waals surface area contributed by atoms with Crippen molar-refractivity contribution < 1.29 is 28.6 Å². The first-order valence-corrected chi connectivity index (χ1v) is 18.0. The van der Waals surface area contributed by atoms with Gasteiger partial charge in [0.05, 0.1) is 38.9 Å². The molecular weight excluding hydrogens is 733 g/mol. The molecule has 2 atom stereocenters. The van der Waals surface area contributed by atoms with Gasteiger partial charge < -0.3 is 20.4 Å². The van der Waals surface area contributed by atoms with Gasteiger partial charge in [-0.25, -0.2) is 0 Å². The van der Waals surface area contributed by atoms with Gasteiger partial charge in [0.15, 0.2) is 0 Å². The molecule has 0 spiro atoms. The molecule has 0 aliphatic rings. The summed E-state index contributed by atoms with van der Waals surface area (Å²) in [6.45, 7) is 5.50. The van der Waals surface area contributed by atoms with Crippen LogP contribution in [0.4, 0.5) is 0 Å². The first-order valence-electron chi connectivity index (χ1n) is 17.6. The van der Waals surface area contributed by atoms with E-state index in [4.69, 9.17) is 21.1 Å². The number of rotatable bonds is 10. The number of methoxy groups -OCH3 is 2. The van der Waals surface area contributed by atoms with Crippen LogP contribution in [0.3, 0.4) is 0 Å². The predicted octanol–water partition coefficient (Wildman–Crippen LogP) is 11.8. The van der Waals surface area contributed by atoms with Crippen molar-refractivity contribution in [2.45, 2.75) is 56.9 Å². The molecule has 6 aromatic rings. The van der Waals surface area contributed by atoms with E-state index in [1.165, 1.54) is 41.3 Å². The zero-order valence-corrected chi connectivity index (χ0v) is 33.5. The van der Waals surface area contributed by atoms with Crippen molar-refractivity contribution >= 4 is 63.5 Å². The molecule has 288 valence electrons. The Hall–Kier alpha value is -5.21. The third-order valence-electron chi connectivity index (χ3n) is 8.90. The molecule has 0 heterocycles. The molecule has 0 bridgehead atoms. The Bertz CT molecular complexity index is 2170. The van der Waals surface area contributed by atoms with E-state index < -0.39 is 5.60 Å². The molecule has 0 aliphatic carbocycles. The molecule has 0 saturated heterocycles. The summed E-state index contributed by atoms with van der Waals surface area (Å²) in [5.74, 6) is -1.27. The molecule has 0 aliphatic heterocycles. The number of fused-ring (bicyclic) bond motifs is 2. The maximum Gasteiger partial charge on any atom is 0.307 e. The topological polar surface area (TPSA) is 114 Å². The Morgan fingerprint density at radius 3 is 1.40 bits per heavy atom. The van der Waals surface area contributed by atoms with Crippen molar-refractivity contribution in [3.05, 3.63) is 145 Å². The lowest BCUT2D eigenvalue weighted by Crippen LogP contribution is -2.25. The van der Waals surface area contributed by atoms with Crippen LogP contribution in [0.1, 0.15) is 62.5 Å². The number of halogens is 2. The van der Waals surface area contributed by atoms with Gasteiger partial charge in [0.1, 0.15) is 5.60 Å². The number of carbonyl (C=O) groups excluding carboxylic acids is 3. The Balaban J connectivity index is 0.000000294. The highest BCUT2D eigenvalue weighted by atomic mass is 35.5. The van der Waals surface area contributed by atoms with Gasteiger partial charge >= 0.3 is 17.9 Å². The molecule has 6 aromatic carbocycles. The average Bonchev–Trinajstić information content (AvgIpc) is 3.16. The number of hydrogen-bond acceptors (Lipinski definition) is 7. The van der Waals surface area contributed by atoms with Crippen molar-refractivity contribution in [3.8, 4) is 22.3 Å². The molecule has 0 unspecified atom stereocenters. The second-order valence-corrected chi connectivity index (χ2v) is 14.3. The van der Waals surface area contributed by atoms with E-state index in [-0.39, 0.29) is 67.0 Å². The number of ether oxygens (including phenoxy) is 3. The van der Waals surface area contributed by atoms with E-state index in [0.717, 1.165) is 27.8 Å². The van der Waals surface area contributed by atoms with Gasteiger partial charge in [0.25, 0.3) is 0 Å². The molecule has 6 rings (SSSR count). The van der Waals surface area contributed by atoms with Crippen LogP contribution >= 0.6 is 24.0 Å². The highest BCUT2D eigenvalue weighted by molar-refractivity contribution is 6.21. The fourth-order valence-corrected chi connectivity index (χ4v) is 6.56. The van der Waals surface area contributed by atoms with Crippen LogP contribution in [0.5, 0.6) is 0 Å². The van der Waals surface area contributed by atoms with Crippen LogP contribution in [-0.2, 0) is 28.6 Å². The Kier molecular flexibility index (Phi) is 16.4. The van der Waals surface area contributed by atoms with Gasteiger partial charge in [0.2, 0.25) is 0 Å². The lowest BCUT2D eigenvalue weighted by atomic mass is 9.90. The number of carbonyl (C=O) groups is 3. The van der Waals surface area contributed by atoms with Crippen LogP contribution in [0.2, 0.25) is 0 Å². The third-order valence-corrected chi connectivity index (χ3v) is 9.31. The summed E-state index contributed by atoms with van der Waals surface area (Å²) in [5.41, 5.74) is 5.82. The molecule has 0 amide bonds. The highest BCUT2D eigenvalue weighted by Crippen LogP contribution is 2.33. The number of esters is 3. The Morgan fingerprint density at radius 2 is 0.945 bits per heavy atom. The van der Waals surface area contributed by atoms with E-state index in [1.54, 1.807) is 0 Å². The predicted molar refractivity (Wildman–Crippen MR) is 226 cm³/mol. The second kappa shape index (κ2) is 20.5. The summed E-state index contributed by atoms with van der Waals surface area (Å²) in [6, 6.07) is 45.2. The fraction of sp³-hybridized carbons (Fsp3) is 0.239. The van der Waals surface area contributed by atoms with E-state index in [9.17, 15) is 14.4 Å². The third kappa shape index (κ3) is 12.1. The monoisotopic (exact) mass is 781 g/mol. The van der Waals surface area contributed by atoms with Gasteiger partial charge in [-0.3, -0.25) is 14.4 Å². The number of hydrogen-bond donors (Lipinski definition) is 1. The van der Waals surface area contributed by atoms with Crippen molar-refractivity contribution in [2.75, 3.05) is 14.2 Å². The molecule has 0 radical (unpaired) electrons. The van der Waals surface area contributed by atoms with Crippen LogP contribution in [0.15, 0.2) is 133 Å². The summed E-state index contributed by atoms with van der Waals surface area (Å²) in [4.78, 5) is 35.6. The number of benzene rings is 6. The van der Waals surface area contributed by atoms with E-state index >= 15 is 0 Å². The summed E-state index contributed by atoms with van der Waals surface area (Å²) in [6.07, 6.45) is 0.426. The fourth-order valence-electron chi connectivity index (χ4n) is 6.28. The molecule has 55 heavy (non-hydrogen) atoms. The molecule has 0 saturated carbocycles. The van der Waals surface area contributed by atoms with Crippen molar-refractivity contribution in [2.24, 2.45) is 0 Å². The van der Waals surface area contributed by atoms with Gasteiger partial charge in [-0.15, -0.1) is 24.0 Å². The molecule has 7 nitrogen and oxygen atoms in total. The van der Waals surface area contributed by atoms with E-state index in [1.807, 2.05) is 99.6 Å². The SMILES string of the molecule is COC(=O)C[C@@H](CC(=O)OC(C)(C)C)c1ccc(-c2cccc3ccccc23)cc1.COC(=O)C[C@@H](Cl)c1ccc(-c2cccc3ccccc23)cc1.Cl.N. The first kappa shape index (κ1) is 44.2. The maximum absolute atomic E-state index is 12.4. The highest BCUT2D eigenvalue weighted by Gasteiger charge is 2.24. The Morgan fingerprint density at radius 1 is 0.545 bits per heavy atom. The van der Waals surface area contributed by atoms with Crippen molar-refractivity contribution in [3.63, 3.8) is 0 Å². The van der Waals surface area contributed by atoms with Crippen LogP contribution in [0.25, 0.3) is 43.8 Å². The van der Waals surface area contributed by atoms with Gasteiger partial charge in [-0.1, -0.05) is 133 Å². The first-order chi connectivity index (χ1) is 25.5. The van der Waals surface area contributed by atoms with Crippen LogP contribution in [-0.4, -0.2) is 37.7 Å². The molecule has 9 heteroatoms. The lowest BCUT2D eigenvalue weighted by molar-refractivity contribution is -0.155. The minimum absolute atomic E-state index is 0. The van der Waals surface area contributed by atoms with E-state index in [0.29, 0.717) is 0 Å². The van der Waals surface area contributed by atoms with Gasteiger partial charge in [-0.05, 0) is 75.7 Å². The zero-order chi connectivity index (χ0) is 38.0. The Labute approximate surface area is 334 Å². The smallest absolute Gasteiger partial charge is 0.307 e. The maximum atomic E-state index is 12.4. The largest absolute Gasteiger partial charge is 0.469 e. The quantitative estimate of drug-likeness (QED) is 0.0836. The van der Waals surface area contributed by atoms with Crippen molar-refractivity contribution in [1.29, 1.82) is 0 Å². The summed E-state index contributed by atoms with van der Waals surface area (Å²) in [5, 5.41) is 4.44. The van der Waals surface area contributed by atoms with E-state index in [2.05, 4.69) is 59.3 Å². The normalized spacial score (nSPS) is 11.8. The average molecular weight is 783 g/mol. The minimum atomic E-state index is -0.564. The zero-order valence-electron chi connectivity index (χ0n) is 31.9. The summed E-state index contributed by atoms with van der Waals surface area (Å²) < 4.78 is 15.0. The standard InChI is InChI=1S/C26H28O4.C20H17ClO2.ClH.H3N/c1-26(2,3)30-25(28)17-21(16-24(27)29-4)18-12-14-20(15-13-18)23-11-7-9-19-8-5-6-10-22(19)23;1-23-20(22)13-19(21)16-11-9-15(10-12-16)18-8-4-6-14-5-2-3-7-17(14)18;;/h5-15,21H,16-17H2,1-4H3;2-12,19H,13H2,1H3;1H;1H3/t21-;19-;;/m01../s1. The summed E-state index contributed by atoms with van der Waals surface area (Å²) >= 11 is 6.27. The van der Waals surface area contributed by atoms with Crippen LogP contribution < -0.4 is 6.15 Å².